The van der Waals surface area contributed by atoms with Gasteiger partial charge < -0.3 is 15.2 Å². The number of alkyl halides is 2. The van der Waals surface area contributed by atoms with Crippen LogP contribution in [-0.4, -0.2) is 35.2 Å². The second-order valence-electron chi connectivity index (χ2n) is 4.73. The Balaban J connectivity index is 4.34. The highest BCUT2D eigenvalue weighted by atomic mass is 19.3. The van der Waals surface area contributed by atoms with E-state index >= 15 is 0 Å². The number of halogens is 2. The Bertz CT molecular complexity index is 294. The molecule has 0 aliphatic carbocycles. The highest BCUT2D eigenvalue weighted by Gasteiger charge is 2.40. The third-order valence-electron chi connectivity index (χ3n) is 1.76. The number of ether oxygens (including phenoxy) is 1. The average molecular weight is 253 g/mol. The Kier molecular flexibility index (Phi) is 4.85. The minimum atomic E-state index is -3.42. The summed E-state index contributed by atoms with van der Waals surface area (Å²) in [6, 6.07) is 0. The van der Waals surface area contributed by atoms with Crippen molar-refractivity contribution in [1.29, 1.82) is 0 Å². The van der Waals surface area contributed by atoms with Gasteiger partial charge in [0.25, 0.3) is 5.92 Å². The standard InChI is InChI=1S/C10H17F2NO4/c1-9(2,3)17-8(16)13-5-6(7(14)15)10(4,11)12/h6H,5H2,1-4H3,(H,13,16)(H,14,15). The molecule has 17 heavy (non-hydrogen) atoms. The molecule has 0 heterocycles. The first-order valence-electron chi connectivity index (χ1n) is 5.01. The summed E-state index contributed by atoms with van der Waals surface area (Å²) < 4.78 is 30.5. The van der Waals surface area contributed by atoms with Crippen molar-refractivity contribution >= 4 is 12.1 Å². The second-order valence-corrected chi connectivity index (χ2v) is 4.73. The van der Waals surface area contributed by atoms with Crippen molar-refractivity contribution in [3.63, 3.8) is 0 Å². The fourth-order valence-electron chi connectivity index (χ4n) is 0.983. The van der Waals surface area contributed by atoms with Gasteiger partial charge >= 0.3 is 12.1 Å². The molecule has 1 unspecified atom stereocenters. The lowest BCUT2D eigenvalue weighted by Crippen LogP contribution is -2.43. The number of hydrogen-bond acceptors (Lipinski definition) is 3. The monoisotopic (exact) mass is 253 g/mol. The molecule has 1 atom stereocenters. The maximum absolute atomic E-state index is 12.9. The molecule has 0 aromatic rings. The van der Waals surface area contributed by atoms with Gasteiger partial charge in [0.05, 0.1) is 0 Å². The van der Waals surface area contributed by atoms with E-state index < -0.39 is 36.0 Å². The molecule has 2 N–H and O–H groups in total. The highest BCUT2D eigenvalue weighted by Crippen LogP contribution is 2.23. The molecule has 0 saturated heterocycles. The molecule has 0 saturated carbocycles. The molecular weight excluding hydrogens is 236 g/mol. The lowest BCUT2D eigenvalue weighted by atomic mass is 10.0. The zero-order valence-electron chi connectivity index (χ0n) is 10.2. The van der Waals surface area contributed by atoms with Gasteiger partial charge in [0.1, 0.15) is 11.5 Å². The quantitative estimate of drug-likeness (QED) is 0.802. The Hall–Kier alpha value is -1.40. The largest absolute Gasteiger partial charge is 0.481 e. The van der Waals surface area contributed by atoms with Crippen LogP contribution in [0.5, 0.6) is 0 Å². The van der Waals surface area contributed by atoms with Crippen LogP contribution in [0.15, 0.2) is 0 Å². The van der Waals surface area contributed by atoms with Gasteiger partial charge in [0, 0.05) is 13.5 Å². The van der Waals surface area contributed by atoms with Gasteiger partial charge in [-0.1, -0.05) is 0 Å². The van der Waals surface area contributed by atoms with Crippen molar-refractivity contribution < 1.29 is 28.2 Å². The Morgan fingerprint density at radius 1 is 1.29 bits per heavy atom. The molecule has 0 aromatic heterocycles. The number of carboxylic acid groups (broad SMARTS) is 1. The van der Waals surface area contributed by atoms with Gasteiger partial charge in [0.15, 0.2) is 0 Å². The summed E-state index contributed by atoms with van der Waals surface area (Å²) >= 11 is 0. The molecule has 0 rings (SSSR count). The fraction of sp³-hybridized carbons (Fsp3) is 0.800. The van der Waals surface area contributed by atoms with Gasteiger partial charge in [-0.05, 0) is 20.8 Å². The smallest absolute Gasteiger partial charge is 0.407 e. The first-order chi connectivity index (χ1) is 7.43. The van der Waals surface area contributed by atoms with Gasteiger partial charge in [-0.15, -0.1) is 0 Å². The van der Waals surface area contributed by atoms with E-state index in [9.17, 15) is 18.4 Å². The Labute approximate surface area is 98.1 Å². The Morgan fingerprint density at radius 2 is 1.76 bits per heavy atom. The molecule has 0 fully saturated rings. The van der Waals surface area contributed by atoms with Crippen molar-refractivity contribution in [2.24, 2.45) is 5.92 Å². The maximum Gasteiger partial charge on any atom is 0.407 e. The maximum atomic E-state index is 12.9. The number of carbonyl (C=O) groups excluding carboxylic acids is 1. The topological polar surface area (TPSA) is 75.6 Å². The normalized spacial score (nSPS) is 14.0. The molecular formula is C10H17F2NO4. The van der Waals surface area contributed by atoms with Crippen LogP contribution in [0.4, 0.5) is 13.6 Å². The fourth-order valence-corrected chi connectivity index (χ4v) is 0.983. The number of rotatable bonds is 4. The van der Waals surface area contributed by atoms with E-state index in [1.807, 2.05) is 5.32 Å². The van der Waals surface area contributed by atoms with Crippen LogP contribution < -0.4 is 5.32 Å². The summed E-state index contributed by atoms with van der Waals surface area (Å²) in [4.78, 5) is 21.7. The van der Waals surface area contributed by atoms with Gasteiger partial charge in [-0.2, -0.15) is 0 Å². The van der Waals surface area contributed by atoms with Gasteiger partial charge in [-0.3, -0.25) is 4.79 Å². The van der Waals surface area contributed by atoms with Crippen LogP contribution in [-0.2, 0) is 9.53 Å². The molecule has 0 aliphatic heterocycles. The predicted octanol–water partition coefficient (Wildman–Crippen LogP) is 1.87. The van der Waals surface area contributed by atoms with E-state index in [1.54, 1.807) is 20.8 Å². The van der Waals surface area contributed by atoms with Crippen LogP contribution in [0.1, 0.15) is 27.7 Å². The Morgan fingerprint density at radius 3 is 2.06 bits per heavy atom. The summed E-state index contributed by atoms with van der Waals surface area (Å²) in [5, 5.41) is 10.6. The molecule has 0 spiro atoms. The second kappa shape index (κ2) is 5.29. The molecule has 1 amide bonds. The first-order valence-corrected chi connectivity index (χ1v) is 5.01. The SMILES string of the molecule is CC(C)(C)OC(=O)NCC(C(=O)O)C(C)(F)F. The number of carboxylic acids is 1. The van der Waals surface area contributed by atoms with Crippen LogP contribution in [0.25, 0.3) is 0 Å². The number of nitrogens with one attached hydrogen (secondary N) is 1. The van der Waals surface area contributed by atoms with Crippen LogP contribution in [0.2, 0.25) is 0 Å². The van der Waals surface area contributed by atoms with E-state index in [2.05, 4.69) is 0 Å². The lowest BCUT2D eigenvalue weighted by molar-refractivity contribution is -0.154. The minimum Gasteiger partial charge on any atom is -0.481 e. The van der Waals surface area contributed by atoms with E-state index in [0.717, 1.165) is 0 Å². The van der Waals surface area contributed by atoms with E-state index in [4.69, 9.17) is 9.84 Å². The molecule has 7 heteroatoms. The van der Waals surface area contributed by atoms with Gasteiger partial charge in [0.2, 0.25) is 0 Å². The van der Waals surface area contributed by atoms with Crippen molar-refractivity contribution in [2.45, 2.75) is 39.2 Å². The zero-order valence-corrected chi connectivity index (χ0v) is 10.2. The summed E-state index contributed by atoms with van der Waals surface area (Å²) in [7, 11) is 0. The number of amides is 1. The van der Waals surface area contributed by atoms with Crippen LogP contribution in [0.3, 0.4) is 0 Å². The molecule has 0 radical (unpaired) electrons. The zero-order chi connectivity index (χ0) is 13.9. The van der Waals surface area contributed by atoms with Crippen molar-refractivity contribution in [3.8, 4) is 0 Å². The van der Waals surface area contributed by atoms with Crippen LogP contribution in [0, 0.1) is 5.92 Å². The molecule has 0 aromatic carbocycles. The minimum absolute atomic E-state index is 0.489. The third kappa shape index (κ3) is 6.70. The number of carbonyl (C=O) groups is 2. The van der Waals surface area contributed by atoms with Crippen LogP contribution >= 0.6 is 0 Å². The van der Waals surface area contributed by atoms with Crippen molar-refractivity contribution in [1.82, 2.24) is 5.32 Å². The summed E-state index contributed by atoms with van der Waals surface area (Å²) in [5.41, 5.74) is -0.766. The number of hydrogen-bond donors (Lipinski definition) is 2. The molecule has 0 bridgehead atoms. The average Bonchev–Trinajstić information content (AvgIpc) is 1.96. The summed E-state index contributed by atoms with van der Waals surface area (Å²) in [6.07, 6.45) is -0.923. The summed E-state index contributed by atoms with van der Waals surface area (Å²) in [6.45, 7) is 4.62. The van der Waals surface area contributed by atoms with Gasteiger partial charge in [-0.25, -0.2) is 13.6 Å². The number of alkyl carbamates (subject to hydrolysis) is 1. The number of aliphatic carboxylic acids is 1. The summed E-state index contributed by atoms with van der Waals surface area (Å²) in [5.74, 6) is -7.07. The molecule has 0 aliphatic rings. The molecule has 5 nitrogen and oxygen atoms in total. The third-order valence-corrected chi connectivity index (χ3v) is 1.76. The highest BCUT2D eigenvalue weighted by molar-refractivity contribution is 5.73. The van der Waals surface area contributed by atoms with Crippen molar-refractivity contribution in [2.75, 3.05) is 6.54 Å². The first kappa shape index (κ1) is 15.6. The lowest BCUT2D eigenvalue weighted by Gasteiger charge is -2.22. The predicted molar refractivity (Wildman–Crippen MR) is 56.0 cm³/mol. The molecule has 100 valence electrons. The van der Waals surface area contributed by atoms with Crippen molar-refractivity contribution in [3.05, 3.63) is 0 Å². The van der Waals surface area contributed by atoms with E-state index in [-0.39, 0.29) is 0 Å². The van der Waals surface area contributed by atoms with E-state index in [0.29, 0.717) is 6.92 Å². The van der Waals surface area contributed by atoms with E-state index in [1.165, 1.54) is 0 Å².